The van der Waals surface area contributed by atoms with E-state index in [1.165, 1.54) is 77.0 Å². The molecule has 0 saturated heterocycles. The molecule has 1 N–H and O–H groups in total. The zero-order valence-electron chi connectivity index (χ0n) is 14.5. The maximum Gasteiger partial charge on any atom is 0.694 e. The maximum absolute atomic E-state index is 10.3. The minimum absolute atomic E-state index is 0.410. The topological polar surface area (TPSA) is 46.5 Å². The summed E-state index contributed by atoms with van der Waals surface area (Å²) in [7, 11) is -2.40. The van der Waals surface area contributed by atoms with Crippen LogP contribution < -0.4 is 0 Å². The van der Waals surface area contributed by atoms with Gasteiger partial charge in [0.05, 0.1) is 0 Å². The van der Waals surface area contributed by atoms with Crippen LogP contribution in [-0.2, 0) is 9.09 Å². The number of unbranched alkanes of at least 4 members (excludes halogenated alkanes) is 12. The van der Waals surface area contributed by atoms with Crippen molar-refractivity contribution in [2.24, 2.45) is 0 Å². The molecule has 130 valence electrons. The van der Waals surface area contributed by atoms with Crippen LogP contribution in [0.1, 0.15) is 96.8 Å². The van der Waals surface area contributed by atoms with Gasteiger partial charge in [0, 0.05) is 4.57 Å². The van der Waals surface area contributed by atoms with Crippen LogP contribution in [0.2, 0.25) is 0 Å². The number of rotatable bonds is 17. The standard InChI is InChI=1S/C18H35O3P/c1-2-3-4-5-6-7-8-9-10-11-12-13-14-15-16-17-18-21-22(19)20/h9-10H,2-8,11-18H2,1H3/p+1/b10-9-. The molecule has 0 heterocycles. The van der Waals surface area contributed by atoms with Crippen molar-refractivity contribution >= 4 is 8.25 Å². The zero-order valence-corrected chi connectivity index (χ0v) is 15.4. The second kappa shape index (κ2) is 18.8. The molecule has 0 aliphatic heterocycles. The Hall–Kier alpha value is -0.240. The third kappa shape index (κ3) is 19.8. The fourth-order valence-electron chi connectivity index (χ4n) is 2.49. The first-order valence-corrected chi connectivity index (χ1v) is 10.3. The van der Waals surface area contributed by atoms with Crippen LogP contribution in [-0.4, -0.2) is 11.5 Å². The first-order valence-electron chi connectivity index (χ1n) is 9.21. The van der Waals surface area contributed by atoms with Crippen LogP contribution in [0, 0.1) is 0 Å². The molecule has 0 spiro atoms. The Bertz CT molecular complexity index is 267. The summed E-state index contributed by atoms with van der Waals surface area (Å²) in [6, 6.07) is 0. The average Bonchev–Trinajstić information content (AvgIpc) is 2.50. The Morgan fingerprint density at radius 2 is 1.23 bits per heavy atom. The van der Waals surface area contributed by atoms with Gasteiger partial charge in [0.15, 0.2) is 0 Å². The lowest BCUT2D eigenvalue weighted by atomic mass is 10.1. The highest BCUT2D eigenvalue weighted by molar-refractivity contribution is 7.32. The Morgan fingerprint density at radius 1 is 0.773 bits per heavy atom. The summed E-state index contributed by atoms with van der Waals surface area (Å²) in [5, 5.41) is 0. The van der Waals surface area contributed by atoms with Gasteiger partial charge < -0.3 is 0 Å². The third-order valence-corrected chi connectivity index (χ3v) is 4.26. The van der Waals surface area contributed by atoms with Crippen molar-refractivity contribution in [3.8, 4) is 0 Å². The van der Waals surface area contributed by atoms with Crippen LogP contribution in [0.3, 0.4) is 0 Å². The highest BCUT2D eigenvalue weighted by Gasteiger charge is 2.09. The second-order valence-corrected chi connectivity index (χ2v) is 6.74. The van der Waals surface area contributed by atoms with Gasteiger partial charge in [-0.3, -0.25) is 0 Å². The molecule has 0 amide bonds. The predicted molar refractivity (Wildman–Crippen MR) is 95.2 cm³/mol. The smallest absolute Gasteiger partial charge is 0.133 e. The van der Waals surface area contributed by atoms with E-state index in [2.05, 4.69) is 23.6 Å². The highest BCUT2D eigenvalue weighted by Crippen LogP contribution is 2.16. The SMILES string of the molecule is CCCCCCCC/C=C\CCCCCCCCO[P+](=O)O. The summed E-state index contributed by atoms with van der Waals surface area (Å²) in [6.45, 7) is 2.67. The molecule has 0 aromatic rings. The van der Waals surface area contributed by atoms with Gasteiger partial charge in [-0.25, -0.2) is 0 Å². The summed E-state index contributed by atoms with van der Waals surface area (Å²) in [4.78, 5) is 8.46. The molecule has 0 aliphatic rings. The molecule has 22 heavy (non-hydrogen) atoms. The number of hydrogen-bond acceptors (Lipinski definition) is 2. The van der Waals surface area contributed by atoms with Crippen LogP contribution >= 0.6 is 8.25 Å². The summed E-state index contributed by atoms with van der Waals surface area (Å²) < 4.78 is 14.9. The molecule has 0 saturated carbocycles. The molecule has 1 unspecified atom stereocenters. The quantitative estimate of drug-likeness (QED) is 0.183. The Kier molecular flexibility index (Phi) is 18.6. The summed E-state index contributed by atoms with van der Waals surface area (Å²) in [5.41, 5.74) is 0. The zero-order chi connectivity index (χ0) is 16.3. The lowest BCUT2D eigenvalue weighted by Crippen LogP contribution is -1.87. The van der Waals surface area contributed by atoms with E-state index in [0.29, 0.717) is 6.61 Å². The molecule has 4 heteroatoms. The minimum Gasteiger partial charge on any atom is -0.133 e. The van der Waals surface area contributed by atoms with Crippen molar-refractivity contribution < 1.29 is 14.0 Å². The van der Waals surface area contributed by atoms with Crippen molar-refractivity contribution in [2.45, 2.75) is 96.8 Å². The Balaban J connectivity index is 3.06. The van der Waals surface area contributed by atoms with E-state index in [1.54, 1.807) is 0 Å². The third-order valence-electron chi connectivity index (χ3n) is 3.86. The molecular formula is C18H36O3P+. The van der Waals surface area contributed by atoms with Crippen molar-refractivity contribution in [3.05, 3.63) is 12.2 Å². The van der Waals surface area contributed by atoms with Gasteiger partial charge in [-0.1, -0.05) is 76.9 Å². The van der Waals surface area contributed by atoms with E-state index in [0.717, 1.165) is 12.8 Å². The highest BCUT2D eigenvalue weighted by atomic mass is 31.1. The normalized spacial score (nSPS) is 12.2. The van der Waals surface area contributed by atoms with E-state index >= 15 is 0 Å². The second-order valence-electron chi connectivity index (χ2n) is 6.01. The summed E-state index contributed by atoms with van der Waals surface area (Å²) >= 11 is 0. The van der Waals surface area contributed by atoms with Gasteiger partial charge in [0.25, 0.3) is 0 Å². The van der Waals surface area contributed by atoms with Crippen LogP contribution in [0.4, 0.5) is 0 Å². The summed E-state index contributed by atoms with van der Waals surface area (Å²) in [5.74, 6) is 0. The van der Waals surface area contributed by atoms with Gasteiger partial charge in [0.1, 0.15) is 6.61 Å². The van der Waals surface area contributed by atoms with Gasteiger partial charge in [0.2, 0.25) is 0 Å². The molecule has 3 nitrogen and oxygen atoms in total. The van der Waals surface area contributed by atoms with E-state index in [9.17, 15) is 4.57 Å². The molecule has 0 rings (SSSR count). The number of hydrogen-bond donors (Lipinski definition) is 1. The Labute approximate surface area is 138 Å². The molecule has 0 bridgehead atoms. The van der Waals surface area contributed by atoms with Gasteiger partial charge in [-0.15, -0.1) is 9.42 Å². The predicted octanol–water partition coefficient (Wildman–Crippen LogP) is 6.69. The van der Waals surface area contributed by atoms with Crippen molar-refractivity contribution in [1.82, 2.24) is 0 Å². The lowest BCUT2D eigenvalue weighted by Gasteiger charge is -1.99. The minimum atomic E-state index is -2.40. The van der Waals surface area contributed by atoms with Crippen molar-refractivity contribution in [1.29, 1.82) is 0 Å². The van der Waals surface area contributed by atoms with Gasteiger partial charge in [-0.05, 0) is 32.1 Å². The van der Waals surface area contributed by atoms with Crippen LogP contribution in [0.15, 0.2) is 12.2 Å². The van der Waals surface area contributed by atoms with E-state index < -0.39 is 8.25 Å². The lowest BCUT2D eigenvalue weighted by molar-refractivity contribution is 0.273. The largest absolute Gasteiger partial charge is 0.694 e. The molecule has 0 aromatic heterocycles. The molecule has 1 atom stereocenters. The number of allylic oxidation sites excluding steroid dienone is 2. The average molecular weight is 331 g/mol. The molecule has 0 radical (unpaired) electrons. The monoisotopic (exact) mass is 331 g/mol. The molecule has 0 aromatic carbocycles. The molecule has 0 aliphatic carbocycles. The molecular weight excluding hydrogens is 295 g/mol. The van der Waals surface area contributed by atoms with E-state index in [1.807, 2.05) is 0 Å². The molecule has 0 fully saturated rings. The first-order chi connectivity index (χ1) is 10.8. The fourth-order valence-corrected chi connectivity index (χ4v) is 2.78. The van der Waals surface area contributed by atoms with E-state index in [-0.39, 0.29) is 0 Å². The van der Waals surface area contributed by atoms with Crippen molar-refractivity contribution in [3.63, 3.8) is 0 Å². The Morgan fingerprint density at radius 3 is 1.73 bits per heavy atom. The van der Waals surface area contributed by atoms with Crippen molar-refractivity contribution in [2.75, 3.05) is 6.61 Å². The van der Waals surface area contributed by atoms with Gasteiger partial charge in [-0.2, -0.15) is 0 Å². The van der Waals surface area contributed by atoms with E-state index in [4.69, 9.17) is 4.89 Å². The van der Waals surface area contributed by atoms with Crippen LogP contribution in [0.5, 0.6) is 0 Å². The van der Waals surface area contributed by atoms with Gasteiger partial charge >= 0.3 is 8.25 Å². The van der Waals surface area contributed by atoms with Crippen LogP contribution in [0.25, 0.3) is 0 Å². The maximum atomic E-state index is 10.3. The summed E-state index contributed by atoms with van der Waals surface area (Å²) in [6.07, 6.45) is 22.4. The first kappa shape index (κ1) is 21.8. The fraction of sp³-hybridized carbons (Fsp3) is 0.889.